The van der Waals surface area contributed by atoms with Gasteiger partial charge in [-0.05, 0) is 79.9 Å². The highest BCUT2D eigenvalue weighted by Crippen LogP contribution is 2.29. The van der Waals surface area contributed by atoms with E-state index in [2.05, 4.69) is 36.3 Å². The first-order valence-corrected chi connectivity index (χ1v) is 9.31. The molecule has 7 heteroatoms. The summed E-state index contributed by atoms with van der Waals surface area (Å²) < 4.78 is 6.48. The number of hydrogen-bond donors (Lipinski definition) is 1. The van der Waals surface area contributed by atoms with E-state index >= 15 is 0 Å². The van der Waals surface area contributed by atoms with Crippen LogP contribution >= 0.6 is 27.3 Å². The number of hydrogen-bond acceptors (Lipinski definition) is 6. The van der Waals surface area contributed by atoms with Crippen LogP contribution in [0.5, 0.6) is 0 Å². The number of thiophene rings is 1. The average molecular weight is 385 g/mol. The molecule has 0 radical (unpaired) electrons. The molecule has 2 aromatic rings. The number of halogens is 1. The zero-order valence-electron chi connectivity index (χ0n) is 12.7. The summed E-state index contributed by atoms with van der Waals surface area (Å²) in [6, 6.07) is 4.02. The van der Waals surface area contributed by atoms with Gasteiger partial charge < -0.3 is 9.84 Å². The number of nitrogens with zero attached hydrogens (tertiary/aromatic N) is 3. The first kappa shape index (κ1) is 16.1. The van der Waals surface area contributed by atoms with Gasteiger partial charge in [-0.15, -0.1) is 11.3 Å². The van der Waals surface area contributed by atoms with Crippen molar-refractivity contribution < 1.29 is 4.52 Å². The predicted octanol–water partition coefficient (Wildman–Crippen LogP) is 3.38. The lowest BCUT2D eigenvalue weighted by Gasteiger charge is -2.30. The molecule has 0 unspecified atom stereocenters. The van der Waals surface area contributed by atoms with E-state index in [0.29, 0.717) is 11.7 Å². The summed E-state index contributed by atoms with van der Waals surface area (Å²) in [5.41, 5.74) is 0. The lowest BCUT2D eigenvalue weighted by atomic mass is 9.93. The maximum atomic E-state index is 5.40. The molecule has 2 aromatic heterocycles. The lowest BCUT2D eigenvalue weighted by molar-refractivity contribution is 0.155. The van der Waals surface area contributed by atoms with Crippen LogP contribution in [0.1, 0.15) is 25.2 Å². The molecule has 3 heterocycles. The summed E-state index contributed by atoms with van der Waals surface area (Å²) in [7, 11) is 2.02. The summed E-state index contributed by atoms with van der Waals surface area (Å²) >= 11 is 5.08. The molecule has 0 aliphatic carbocycles. The molecule has 1 aliphatic heterocycles. The van der Waals surface area contributed by atoms with Crippen molar-refractivity contribution in [2.24, 2.45) is 5.92 Å². The Balaban J connectivity index is 1.51. The second-order valence-electron chi connectivity index (χ2n) is 5.73. The monoisotopic (exact) mass is 384 g/mol. The molecule has 0 amide bonds. The fraction of sp³-hybridized carbons (Fsp3) is 0.600. The minimum Gasteiger partial charge on any atom is -0.338 e. The van der Waals surface area contributed by atoms with Gasteiger partial charge in [-0.25, -0.2) is 0 Å². The van der Waals surface area contributed by atoms with E-state index < -0.39 is 0 Å². The lowest BCUT2D eigenvalue weighted by Crippen LogP contribution is -2.34. The number of nitrogens with one attached hydrogen (secondary N) is 1. The molecule has 0 bridgehead atoms. The Morgan fingerprint density at radius 1 is 1.41 bits per heavy atom. The molecular weight excluding hydrogens is 364 g/mol. The van der Waals surface area contributed by atoms with Crippen molar-refractivity contribution in [1.29, 1.82) is 0 Å². The standard InChI is InChI=1S/C15H21BrN4OS/c1-17-7-4-11-5-8-20(9-6-11)10-14-18-15(19-21-14)12-2-3-13(16)22-12/h2-3,11,17H,4-10H2,1H3. The number of aromatic nitrogens is 2. The van der Waals surface area contributed by atoms with Crippen LogP contribution in [0.3, 0.4) is 0 Å². The van der Waals surface area contributed by atoms with Crippen LogP contribution in [-0.4, -0.2) is 41.7 Å². The van der Waals surface area contributed by atoms with E-state index in [4.69, 9.17) is 4.52 Å². The molecule has 1 N–H and O–H groups in total. The third-order valence-electron chi connectivity index (χ3n) is 4.13. The van der Waals surface area contributed by atoms with E-state index in [9.17, 15) is 0 Å². The molecule has 0 aromatic carbocycles. The van der Waals surface area contributed by atoms with Gasteiger partial charge in [0, 0.05) is 0 Å². The second-order valence-corrected chi connectivity index (χ2v) is 8.19. The summed E-state index contributed by atoms with van der Waals surface area (Å²) in [5, 5.41) is 7.33. The van der Waals surface area contributed by atoms with Gasteiger partial charge in [-0.1, -0.05) is 5.16 Å². The Labute approximate surface area is 143 Å². The molecule has 3 rings (SSSR count). The third-order valence-corrected chi connectivity index (χ3v) is 5.75. The quantitative estimate of drug-likeness (QED) is 0.826. The first-order valence-electron chi connectivity index (χ1n) is 7.70. The van der Waals surface area contributed by atoms with Gasteiger partial charge >= 0.3 is 0 Å². The second kappa shape index (κ2) is 7.68. The molecular formula is C15H21BrN4OS. The van der Waals surface area contributed by atoms with Gasteiger partial charge in [0.15, 0.2) is 0 Å². The molecule has 0 spiro atoms. The fourth-order valence-corrected chi connectivity index (χ4v) is 4.14. The Bertz CT molecular complexity index is 592. The molecule has 0 atom stereocenters. The summed E-state index contributed by atoms with van der Waals surface area (Å²) in [5.74, 6) is 2.26. The predicted molar refractivity (Wildman–Crippen MR) is 91.9 cm³/mol. The third kappa shape index (κ3) is 4.16. The van der Waals surface area contributed by atoms with E-state index in [-0.39, 0.29) is 0 Å². The van der Waals surface area contributed by atoms with Crippen LogP contribution < -0.4 is 5.32 Å². The Morgan fingerprint density at radius 3 is 2.91 bits per heavy atom. The number of rotatable bonds is 6. The van der Waals surface area contributed by atoms with Gasteiger partial charge in [0.25, 0.3) is 0 Å². The largest absolute Gasteiger partial charge is 0.338 e. The van der Waals surface area contributed by atoms with Crippen molar-refractivity contribution >= 4 is 27.3 Å². The smallest absolute Gasteiger partial charge is 0.241 e. The highest BCUT2D eigenvalue weighted by Gasteiger charge is 2.21. The SMILES string of the molecule is CNCCC1CCN(Cc2nc(-c3ccc(Br)s3)no2)CC1. The minimum absolute atomic E-state index is 0.689. The van der Waals surface area contributed by atoms with Crippen LogP contribution in [-0.2, 0) is 6.54 Å². The zero-order valence-corrected chi connectivity index (χ0v) is 15.1. The van der Waals surface area contributed by atoms with Crippen molar-refractivity contribution in [3.8, 4) is 10.7 Å². The van der Waals surface area contributed by atoms with E-state index in [1.807, 2.05) is 19.2 Å². The van der Waals surface area contributed by atoms with Gasteiger partial charge in [-0.3, -0.25) is 4.90 Å². The molecule has 0 saturated carbocycles. The topological polar surface area (TPSA) is 54.2 Å². The van der Waals surface area contributed by atoms with Crippen LogP contribution in [0.2, 0.25) is 0 Å². The normalized spacial score (nSPS) is 17.2. The minimum atomic E-state index is 0.689. The maximum Gasteiger partial charge on any atom is 0.241 e. The zero-order chi connectivity index (χ0) is 15.4. The molecule has 22 heavy (non-hydrogen) atoms. The number of piperidine rings is 1. The highest BCUT2D eigenvalue weighted by molar-refractivity contribution is 9.11. The fourth-order valence-electron chi connectivity index (χ4n) is 2.83. The first-order chi connectivity index (χ1) is 10.7. The van der Waals surface area contributed by atoms with Crippen molar-refractivity contribution in [3.05, 3.63) is 21.8 Å². The van der Waals surface area contributed by atoms with Crippen LogP contribution in [0.15, 0.2) is 20.4 Å². The Morgan fingerprint density at radius 2 is 2.23 bits per heavy atom. The van der Waals surface area contributed by atoms with Crippen LogP contribution in [0, 0.1) is 5.92 Å². The van der Waals surface area contributed by atoms with Crippen LogP contribution in [0.25, 0.3) is 10.7 Å². The van der Waals surface area contributed by atoms with Gasteiger partial charge in [-0.2, -0.15) is 4.98 Å². The summed E-state index contributed by atoms with van der Waals surface area (Å²) in [4.78, 5) is 7.97. The molecule has 120 valence electrons. The van der Waals surface area contributed by atoms with E-state index in [0.717, 1.165) is 40.8 Å². The summed E-state index contributed by atoms with van der Waals surface area (Å²) in [6.45, 7) is 4.12. The highest BCUT2D eigenvalue weighted by atomic mass is 79.9. The molecule has 1 aliphatic rings. The average Bonchev–Trinajstić information content (AvgIpc) is 3.15. The van der Waals surface area contributed by atoms with Crippen molar-refractivity contribution in [1.82, 2.24) is 20.4 Å². The van der Waals surface area contributed by atoms with E-state index in [1.165, 1.54) is 19.3 Å². The Hall–Kier alpha value is -0.760. The summed E-state index contributed by atoms with van der Waals surface area (Å²) in [6.07, 6.45) is 3.81. The van der Waals surface area contributed by atoms with Gasteiger partial charge in [0.1, 0.15) is 0 Å². The van der Waals surface area contributed by atoms with Crippen molar-refractivity contribution in [2.45, 2.75) is 25.8 Å². The number of likely N-dealkylation sites (tertiary alicyclic amines) is 1. The van der Waals surface area contributed by atoms with Crippen molar-refractivity contribution in [2.75, 3.05) is 26.7 Å². The molecule has 1 saturated heterocycles. The van der Waals surface area contributed by atoms with Crippen molar-refractivity contribution in [3.63, 3.8) is 0 Å². The van der Waals surface area contributed by atoms with Gasteiger partial charge in [0.2, 0.25) is 11.7 Å². The van der Waals surface area contributed by atoms with Crippen LogP contribution in [0.4, 0.5) is 0 Å². The van der Waals surface area contributed by atoms with E-state index in [1.54, 1.807) is 11.3 Å². The maximum absolute atomic E-state index is 5.40. The van der Waals surface area contributed by atoms with Gasteiger partial charge in [0.05, 0.1) is 15.2 Å². The molecule has 1 fully saturated rings. The Kier molecular flexibility index (Phi) is 5.62. The molecule has 5 nitrogen and oxygen atoms in total.